The van der Waals surface area contributed by atoms with Crippen LogP contribution in [0.1, 0.15) is 51.5 Å². The highest BCUT2D eigenvalue weighted by Gasteiger charge is 2.35. The first-order valence-corrected chi connectivity index (χ1v) is 10.4. The SMILES string of the molecule is CC(C)C1=NCN(CC2(O)CCN(C(=O)CC(C)c3ccccc3)CC2)C=C1. The van der Waals surface area contributed by atoms with Gasteiger partial charge in [0.2, 0.25) is 5.91 Å². The Morgan fingerprint density at radius 3 is 2.43 bits per heavy atom. The van der Waals surface area contributed by atoms with Gasteiger partial charge in [-0.2, -0.15) is 0 Å². The lowest BCUT2D eigenvalue weighted by molar-refractivity contribution is -0.136. The Hall–Kier alpha value is -2.14. The van der Waals surface area contributed by atoms with E-state index in [-0.39, 0.29) is 11.8 Å². The molecule has 1 atom stereocenters. The first-order chi connectivity index (χ1) is 13.4. The van der Waals surface area contributed by atoms with Crippen molar-refractivity contribution >= 4 is 11.6 Å². The summed E-state index contributed by atoms with van der Waals surface area (Å²) in [4.78, 5) is 21.3. The molecule has 1 aromatic rings. The number of benzene rings is 1. The molecule has 0 saturated carbocycles. The zero-order chi connectivity index (χ0) is 20.1. The molecule has 5 nitrogen and oxygen atoms in total. The van der Waals surface area contributed by atoms with Crippen LogP contribution in [0.4, 0.5) is 0 Å². The molecule has 0 spiro atoms. The molecule has 28 heavy (non-hydrogen) atoms. The molecule has 5 heteroatoms. The topological polar surface area (TPSA) is 56.1 Å². The summed E-state index contributed by atoms with van der Waals surface area (Å²) in [6.07, 6.45) is 5.83. The molecule has 3 rings (SSSR count). The first-order valence-electron chi connectivity index (χ1n) is 10.4. The van der Waals surface area contributed by atoms with Gasteiger partial charge in [0.25, 0.3) is 0 Å². The highest BCUT2D eigenvalue weighted by molar-refractivity contribution is 5.96. The number of allylic oxidation sites excluding steroid dienone is 1. The van der Waals surface area contributed by atoms with E-state index in [2.05, 4.69) is 42.8 Å². The van der Waals surface area contributed by atoms with Crippen LogP contribution in [0.2, 0.25) is 0 Å². The van der Waals surface area contributed by atoms with Crippen molar-refractivity contribution in [3.05, 3.63) is 48.2 Å². The van der Waals surface area contributed by atoms with E-state index in [1.54, 1.807) is 0 Å². The van der Waals surface area contributed by atoms with Crippen molar-refractivity contribution in [3.63, 3.8) is 0 Å². The van der Waals surface area contributed by atoms with Crippen LogP contribution in [0.5, 0.6) is 0 Å². The Labute approximate surface area is 168 Å². The molecule has 1 aromatic carbocycles. The van der Waals surface area contributed by atoms with Crippen LogP contribution in [0.15, 0.2) is 47.6 Å². The highest BCUT2D eigenvalue weighted by Crippen LogP contribution is 2.26. The van der Waals surface area contributed by atoms with Gasteiger partial charge in [-0.1, -0.05) is 51.1 Å². The van der Waals surface area contributed by atoms with Gasteiger partial charge in [-0.15, -0.1) is 0 Å². The van der Waals surface area contributed by atoms with Crippen molar-refractivity contribution in [1.82, 2.24) is 9.80 Å². The second-order valence-corrected chi connectivity index (χ2v) is 8.56. The predicted octanol–water partition coefficient (Wildman–Crippen LogP) is 3.42. The number of piperidine rings is 1. The molecule has 1 N–H and O–H groups in total. The van der Waals surface area contributed by atoms with E-state index in [0.29, 0.717) is 51.5 Å². The van der Waals surface area contributed by atoms with Gasteiger partial charge in [0.15, 0.2) is 0 Å². The first kappa shape index (κ1) is 20.6. The number of β-amino-alcohol motifs (C(OH)–C–C–N with tert-alkyl or cyclic N) is 1. The van der Waals surface area contributed by atoms with Crippen molar-refractivity contribution in [2.45, 2.75) is 51.6 Å². The summed E-state index contributed by atoms with van der Waals surface area (Å²) in [5, 5.41) is 11.0. The summed E-state index contributed by atoms with van der Waals surface area (Å²) < 4.78 is 0. The van der Waals surface area contributed by atoms with Crippen molar-refractivity contribution in [1.29, 1.82) is 0 Å². The molecular formula is C23H33N3O2. The Morgan fingerprint density at radius 2 is 1.86 bits per heavy atom. The molecule has 1 fully saturated rings. The third kappa shape index (κ3) is 5.22. The maximum absolute atomic E-state index is 12.7. The second-order valence-electron chi connectivity index (χ2n) is 8.56. The standard InChI is InChI=1S/C23H33N3O2/c1-18(2)21-9-12-25(17-24-21)16-23(28)10-13-26(14-11-23)22(27)15-19(3)20-7-5-4-6-8-20/h4-9,12,18-19,28H,10-11,13-17H2,1-3H3. The minimum atomic E-state index is -0.753. The normalized spacial score (nSPS) is 20.2. The number of hydrogen-bond donors (Lipinski definition) is 1. The fourth-order valence-corrected chi connectivity index (χ4v) is 3.93. The fraction of sp³-hybridized carbons (Fsp3) is 0.565. The van der Waals surface area contributed by atoms with Crippen LogP contribution in [0.25, 0.3) is 0 Å². The van der Waals surface area contributed by atoms with E-state index in [4.69, 9.17) is 0 Å². The average Bonchev–Trinajstić information content (AvgIpc) is 2.69. The predicted molar refractivity (Wildman–Crippen MR) is 113 cm³/mol. The van der Waals surface area contributed by atoms with E-state index in [9.17, 15) is 9.90 Å². The molecule has 1 saturated heterocycles. The quantitative estimate of drug-likeness (QED) is 0.819. The van der Waals surface area contributed by atoms with Crippen LogP contribution < -0.4 is 0 Å². The van der Waals surface area contributed by atoms with E-state index in [1.165, 1.54) is 5.56 Å². The van der Waals surface area contributed by atoms with Gasteiger partial charge < -0.3 is 14.9 Å². The van der Waals surface area contributed by atoms with Crippen molar-refractivity contribution < 1.29 is 9.90 Å². The van der Waals surface area contributed by atoms with E-state index in [1.807, 2.05) is 35.4 Å². The number of aliphatic hydroxyl groups is 1. The lowest BCUT2D eigenvalue weighted by Crippen LogP contribution is -2.51. The summed E-state index contributed by atoms with van der Waals surface area (Å²) in [5.74, 6) is 0.817. The number of rotatable bonds is 6. The number of carbonyl (C=O) groups excluding carboxylic acids is 1. The molecule has 2 aliphatic rings. The molecular weight excluding hydrogens is 350 g/mol. The van der Waals surface area contributed by atoms with Crippen LogP contribution in [-0.4, -0.2) is 58.4 Å². The third-order valence-electron chi connectivity index (χ3n) is 5.88. The van der Waals surface area contributed by atoms with E-state index < -0.39 is 5.60 Å². The number of aliphatic imine (C=N–C) groups is 1. The van der Waals surface area contributed by atoms with Crippen LogP contribution >= 0.6 is 0 Å². The monoisotopic (exact) mass is 383 g/mol. The minimum Gasteiger partial charge on any atom is -0.388 e. The van der Waals surface area contributed by atoms with Crippen LogP contribution in [0.3, 0.4) is 0 Å². The zero-order valence-corrected chi connectivity index (χ0v) is 17.3. The molecule has 2 heterocycles. The fourth-order valence-electron chi connectivity index (χ4n) is 3.93. The zero-order valence-electron chi connectivity index (χ0n) is 17.3. The lowest BCUT2D eigenvalue weighted by atomic mass is 9.90. The van der Waals surface area contributed by atoms with Crippen molar-refractivity contribution in [2.75, 3.05) is 26.3 Å². The molecule has 0 aromatic heterocycles. The lowest BCUT2D eigenvalue weighted by Gasteiger charge is -2.41. The Bertz CT molecular complexity index is 719. The van der Waals surface area contributed by atoms with Gasteiger partial charge in [-0.25, -0.2) is 0 Å². The summed E-state index contributed by atoms with van der Waals surface area (Å²) >= 11 is 0. The average molecular weight is 384 g/mol. The number of hydrogen-bond acceptors (Lipinski definition) is 4. The third-order valence-corrected chi connectivity index (χ3v) is 5.88. The van der Waals surface area contributed by atoms with Gasteiger partial charge >= 0.3 is 0 Å². The van der Waals surface area contributed by atoms with Crippen molar-refractivity contribution in [2.24, 2.45) is 10.9 Å². The molecule has 152 valence electrons. The maximum Gasteiger partial charge on any atom is 0.223 e. The summed E-state index contributed by atoms with van der Waals surface area (Å²) in [6, 6.07) is 10.2. The minimum absolute atomic E-state index is 0.183. The molecule has 0 aliphatic carbocycles. The number of amides is 1. The maximum atomic E-state index is 12.7. The number of carbonyl (C=O) groups is 1. The Kier molecular flexibility index (Phi) is 6.55. The van der Waals surface area contributed by atoms with E-state index in [0.717, 1.165) is 5.71 Å². The van der Waals surface area contributed by atoms with Gasteiger partial charge in [-0.05, 0) is 36.3 Å². The van der Waals surface area contributed by atoms with Crippen LogP contribution in [0, 0.1) is 5.92 Å². The van der Waals surface area contributed by atoms with Crippen molar-refractivity contribution in [3.8, 4) is 0 Å². The molecule has 1 amide bonds. The molecule has 0 radical (unpaired) electrons. The largest absolute Gasteiger partial charge is 0.388 e. The Balaban J connectivity index is 1.47. The highest BCUT2D eigenvalue weighted by atomic mass is 16.3. The summed E-state index contributed by atoms with van der Waals surface area (Å²) in [6.45, 7) is 8.78. The van der Waals surface area contributed by atoms with Gasteiger partial charge in [0.1, 0.15) is 6.67 Å². The number of likely N-dealkylation sites (tertiary alicyclic amines) is 1. The summed E-state index contributed by atoms with van der Waals surface area (Å²) in [7, 11) is 0. The molecule has 0 bridgehead atoms. The smallest absolute Gasteiger partial charge is 0.223 e. The molecule has 2 aliphatic heterocycles. The van der Waals surface area contributed by atoms with Gasteiger partial charge in [-0.3, -0.25) is 9.79 Å². The second kappa shape index (κ2) is 8.91. The van der Waals surface area contributed by atoms with Crippen LogP contribution in [-0.2, 0) is 4.79 Å². The molecule has 1 unspecified atom stereocenters. The number of nitrogens with zero attached hydrogens (tertiary/aromatic N) is 3. The van der Waals surface area contributed by atoms with Gasteiger partial charge in [0, 0.05) is 38.0 Å². The summed E-state index contributed by atoms with van der Waals surface area (Å²) in [5.41, 5.74) is 1.55. The van der Waals surface area contributed by atoms with E-state index >= 15 is 0 Å². The van der Waals surface area contributed by atoms with Gasteiger partial charge in [0.05, 0.1) is 5.60 Å². The Morgan fingerprint density at radius 1 is 1.18 bits per heavy atom.